The Morgan fingerprint density at radius 2 is 2.10 bits per heavy atom. The van der Waals surface area contributed by atoms with Gasteiger partial charge in [-0.15, -0.1) is 0 Å². The van der Waals surface area contributed by atoms with Crippen molar-refractivity contribution in [2.45, 2.75) is 38.6 Å². The summed E-state index contributed by atoms with van der Waals surface area (Å²) < 4.78 is 43.8. The maximum Gasteiger partial charge on any atom is 0.416 e. The molecule has 0 radical (unpaired) electrons. The smallest absolute Gasteiger partial charge is 0.371 e. The molecule has 2 nitrogen and oxygen atoms in total. The zero-order chi connectivity index (χ0) is 14.8. The van der Waals surface area contributed by atoms with E-state index in [1.54, 1.807) is 6.07 Å². The largest absolute Gasteiger partial charge is 0.416 e. The lowest BCUT2D eigenvalue weighted by molar-refractivity contribution is -0.137. The second-order valence-corrected chi connectivity index (χ2v) is 5.68. The first-order chi connectivity index (χ1) is 9.36. The van der Waals surface area contributed by atoms with Crippen molar-refractivity contribution in [1.29, 1.82) is 0 Å². The van der Waals surface area contributed by atoms with Crippen LogP contribution in [0.2, 0.25) is 0 Å². The second kappa shape index (κ2) is 6.14. The molecule has 2 atom stereocenters. The quantitative estimate of drug-likeness (QED) is 0.913. The predicted molar refractivity (Wildman–Crippen MR) is 71.4 cm³/mol. The number of halogens is 3. The first kappa shape index (κ1) is 15.3. The maximum absolute atomic E-state index is 12.7. The van der Waals surface area contributed by atoms with Gasteiger partial charge in [-0.3, -0.25) is 0 Å². The van der Waals surface area contributed by atoms with E-state index in [1.807, 2.05) is 0 Å². The van der Waals surface area contributed by atoms with E-state index in [4.69, 9.17) is 4.74 Å². The van der Waals surface area contributed by atoms with Crippen LogP contribution in [0.5, 0.6) is 0 Å². The zero-order valence-electron chi connectivity index (χ0n) is 11.7. The number of ether oxygens (including phenoxy) is 1. The minimum absolute atomic E-state index is 0.289. The van der Waals surface area contributed by atoms with Crippen LogP contribution in [-0.2, 0) is 10.9 Å². The molecule has 1 N–H and O–H groups in total. The van der Waals surface area contributed by atoms with Gasteiger partial charge in [0.1, 0.15) is 0 Å². The molecule has 1 aliphatic heterocycles. The highest BCUT2D eigenvalue weighted by atomic mass is 19.4. The van der Waals surface area contributed by atoms with Crippen LogP contribution >= 0.6 is 0 Å². The summed E-state index contributed by atoms with van der Waals surface area (Å²) in [7, 11) is 0. The number of hydrogen-bond acceptors (Lipinski definition) is 2. The Morgan fingerprint density at radius 3 is 2.65 bits per heavy atom. The predicted octanol–water partition coefficient (Wildman–Crippen LogP) is 3.78. The van der Waals surface area contributed by atoms with E-state index in [-0.39, 0.29) is 12.1 Å². The van der Waals surface area contributed by atoms with Crippen molar-refractivity contribution in [2.24, 2.45) is 5.92 Å². The van der Waals surface area contributed by atoms with Gasteiger partial charge in [-0.25, -0.2) is 0 Å². The molecule has 1 fully saturated rings. The highest BCUT2D eigenvalue weighted by Gasteiger charge is 2.31. The van der Waals surface area contributed by atoms with Crippen LogP contribution in [0, 0.1) is 5.92 Å². The van der Waals surface area contributed by atoms with Gasteiger partial charge in [0, 0.05) is 12.6 Å². The average Bonchev–Trinajstić information content (AvgIpc) is 2.38. The van der Waals surface area contributed by atoms with Crippen LogP contribution in [-0.4, -0.2) is 19.2 Å². The molecular weight excluding hydrogens is 267 g/mol. The van der Waals surface area contributed by atoms with Gasteiger partial charge >= 0.3 is 6.18 Å². The molecular formula is C15H20F3NO. The molecule has 1 aliphatic rings. The Balaban J connectivity index is 2.00. The van der Waals surface area contributed by atoms with E-state index < -0.39 is 11.7 Å². The number of rotatable bonds is 3. The highest BCUT2D eigenvalue weighted by molar-refractivity contribution is 5.27. The maximum atomic E-state index is 12.7. The van der Waals surface area contributed by atoms with Gasteiger partial charge < -0.3 is 10.1 Å². The van der Waals surface area contributed by atoms with Gasteiger partial charge in [0.25, 0.3) is 0 Å². The minimum Gasteiger partial charge on any atom is -0.371 e. The standard InChI is InChI=1S/C15H20F3NO/c1-10(2)6-13-9-20-14(8-19-13)11-4-3-5-12(7-11)15(16,17)18/h3-5,7,10,13-14,19H,6,8-9H2,1-2H3. The summed E-state index contributed by atoms with van der Waals surface area (Å²) in [6.07, 6.45) is -3.60. The summed E-state index contributed by atoms with van der Waals surface area (Å²) in [6.45, 7) is 5.37. The Morgan fingerprint density at radius 1 is 1.35 bits per heavy atom. The van der Waals surface area contributed by atoms with Crippen LogP contribution in [0.25, 0.3) is 0 Å². The molecule has 0 bridgehead atoms. The first-order valence-corrected chi connectivity index (χ1v) is 6.88. The molecule has 0 saturated carbocycles. The SMILES string of the molecule is CC(C)CC1COC(c2cccc(C(F)(F)F)c2)CN1. The molecule has 1 aromatic carbocycles. The van der Waals surface area contributed by atoms with Crippen LogP contribution in [0.4, 0.5) is 13.2 Å². The van der Waals surface area contributed by atoms with E-state index in [0.717, 1.165) is 12.5 Å². The lowest BCUT2D eigenvalue weighted by Crippen LogP contribution is -2.43. The summed E-state index contributed by atoms with van der Waals surface area (Å²) in [5.41, 5.74) is -0.0433. The van der Waals surface area contributed by atoms with Crippen LogP contribution in [0.3, 0.4) is 0 Å². The van der Waals surface area contributed by atoms with Crippen molar-refractivity contribution in [1.82, 2.24) is 5.32 Å². The summed E-state index contributed by atoms with van der Waals surface area (Å²) in [4.78, 5) is 0. The van der Waals surface area contributed by atoms with Gasteiger partial charge in [0.05, 0.1) is 18.3 Å². The fourth-order valence-corrected chi connectivity index (χ4v) is 2.47. The molecule has 2 unspecified atom stereocenters. The normalized spacial score (nSPS) is 24.1. The third kappa shape index (κ3) is 3.96. The number of nitrogens with one attached hydrogen (secondary N) is 1. The Hall–Kier alpha value is -1.07. The third-order valence-corrected chi connectivity index (χ3v) is 3.43. The van der Waals surface area contributed by atoms with Crippen molar-refractivity contribution in [3.8, 4) is 0 Å². The molecule has 1 saturated heterocycles. The Kier molecular flexibility index (Phi) is 4.70. The summed E-state index contributed by atoms with van der Waals surface area (Å²) in [5.74, 6) is 0.571. The van der Waals surface area contributed by atoms with Crippen LogP contribution < -0.4 is 5.32 Å². The molecule has 5 heteroatoms. The molecule has 112 valence electrons. The topological polar surface area (TPSA) is 21.3 Å². The van der Waals surface area contributed by atoms with E-state index in [0.29, 0.717) is 24.6 Å². The van der Waals surface area contributed by atoms with Gasteiger partial charge in [-0.1, -0.05) is 26.0 Å². The van der Waals surface area contributed by atoms with Crippen molar-refractivity contribution >= 4 is 0 Å². The zero-order valence-corrected chi connectivity index (χ0v) is 11.7. The number of hydrogen-bond donors (Lipinski definition) is 1. The van der Waals surface area contributed by atoms with Gasteiger partial charge in [-0.05, 0) is 30.0 Å². The Labute approximate surface area is 117 Å². The monoisotopic (exact) mass is 287 g/mol. The fraction of sp³-hybridized carbons (Fsp3) is 0.600. The molecule has 20 heavy (non-hydrogen) atoms. The Bertz CT molecular complexity index is 437. The number of morpholine rings is 1. The van der Waals surface area contributed by atoms with Crippen molar-refractivity contribution in [3.63, 3.8) is 0 Å². The third-order valence-electron chi connectivity index (χ3n) is 3.43. The number of alkyl halides is 3. The molecule has 0 aliphatic carbocycles. The summed E-state index contributed by atoms with van der Waals surface area (Å²) >= 11 is 0. The van der Waals surface area contributed by atoms with Crippen molar-refractivity contribution in [3.05, 3.63) is 35.4 Å². The molecule has 0 amide bonds. The van der Waals surface area contributed by atoms with E-state index in [1.165, 1.54) is 12.1 Å². The first-order valence-electron chi connectivity index (χ1n) is 6.88. The minimum atomic E-state index is -4.31. The van der Waals surface area contributed by atoms with Crippen LogP contribution in [0.1, 0.15) is 37.5 Å². The average molecular weight is 287 g/mol. The molecule has 1 heterocycles. The van der Waals surface area contributed by atoms with Crippen molar-refractivity contribution in [2.75, 3.05) is 13.2 Å². The van der Waals surface area contributed by atoms with Gasteiger partial charge in [-0.2, -0.15) is 13.2 Å². The van der Waals surface area contributed by atoms with Crippen LogP contribution in [0.15, 0.2) is 24.3 Å². The van der Waals surface area contributed by atoms with Gasteiger partial charge in [0.15, 0.2) is 0 Å². The van der Waals surface area contributed by atoms with E-state index in [2.05, 4.69) is 19.2 Å². The second-order valence-electron chi connectivity index (χ2n) is 5.68. The molecule has 0 aromatic heterocycles. The highest BCUT2D eigenvalue weighted by Crippen LogP contribution is 2.32. The summed E-state index contributed by atoms with van der Waals surface area (Å²) in [6, 6.07) is 5.67. The van der Waals surface area contributed by atoms with Crippen molar-refractivity contribution < 1.29 is 17.9 Å². The number of benzene rings is 1. The molecule has 0 spiro atoms. The van der Waals surface area contributed by atoms with E-state index >= 15 is 0 Å². The lowest BCUT2D eigenvalue weighted by Gasteiger charge is -2.31. The van der Waals surface area contributed by atoms with Gasteiger partial charge in [0.2, 0.25) is 0 Å². The van der Waals surface area contributed by atoms with E-state index in [9.17, 15) is 13.2 Å². The molecule has 2 rings (SSSR count). The molecule has 1 aromatic rings. The lowest BCUT2D eigenvalue weighted by atomic mass is 10.0. The fourth-order valence-electron chi connectivity index (χ4n) is 2.47. The summed E-state index contributed by atoms with van der Waals surface area (Å²) in [5, 5.41) is 3.35.